The number of amides is 4. The second-order valence-corrected chi connectivity index (χ2v) is 10.6. The number of Topliss-reactive ketones (excluding diaryl/α,β-unsaturated/α-hetero) is 1. The van der Waals surface area contributed by atoms with Crippen LogP contribution >= 0.6 is 0 Å². The Morgan fingerprint density at radius 2 is 1.88 bits per heavy atom. The number of ketones is 1. The first kappa shape index (κ1) is 31.5. The molecule has 3 aliphatic rings. The summed E-state index contributed by atoms with van der Waals surface area (Å²) in [6.07, 6.45) is -2.23. The number of carboxylic acids is 1. The molecule has 3 atom stereocenters. The minimum absolute atomic E-state index is 0.00420. The van der Waals surface area contributed by atoms with Crippen molar-refractivity contribution in [2.45, 2.75) is 57.0 Å². The Morgan fingerprint density at radius 3 is 2.53 bits per heavy atom. The zero-order chi connectivity index (χ0) is 31.5. The minimum atomic E-state index is -4.76. The minimum Gasteiger partial charge on any atom is -0.481 e. The molecule has 2 fully saturated rings. The number of hydrogen-bond donors (Lipinski definition) is 3. The van der Waals surface area contributed by atoms with Crippen LogP contribution < -0.4 is 10.6 Å². The van der Waals surface area contributed by atoms with Gasteiger partial charge in [-0.2, -0.15) is 13.2 Å². The number of carboxylic acid groups (broad SMARTS) is 1. The number of halogens is 4. The fraction of sp³-hybridized carbons (Fsp3) is 0.464. The van der Waals surface area contributed by atoms with Crippen LogP contribution in [0.5, 0.6) is 0 Å². The number of benzene rings is 1. The van der Waals surface area contributed by atoms with Gasteiger partial charge in [0.2, 0.25) is 5.91 Å². The van der Waals surface area contributed by atoms with E-state index in [0.717, 1.165) is 24.0 Å². The van der Waals surface area contributed by atoms with Gasteiger partial charge in [-0.25, -0.2) is 14.0 Å². The number of hydrogen-bond acceptors (Lipinski definition) is 6. The Labute approximate surface area is 243 Å². The van der Waals surface area contributed by atoms with E-state index in [0.29, 0.717) is 10.5 Å². The zero-order valence-electron chi connectivity index (χ0n) is 23.1. The molecule has 15 heteroatoms. The average Bonchev–Trinajstić information content (AvgIpc) is 3.45. The highest BCUT2D eigenvalue weighted by molar-refractivity contribution is 6.03. The fourth-order valence-electron chi connectivity index (χ4n) is 5.39. The molecule has 3 N–H and O–H groups in total. The predicted octanol–water partition coefficient (Wildman–Crippen LogP) is 3.26. The van der Waals surface area contributed by atoms with E-state index in [2.05, 4.69) is 10.6 Å². The standard InChI is InChI=1S/C28H30F4N4O7/c1-16(28(30,31)32)36(13-17-4-6-18(29)7-5-17)22(37)14-35-15-27(43-26(35)42)11-10-19-20(27)8-9-21(24(19)40)34-25(41)33-12-2-3-23(38)39/h4-9,16,19H,2-3,10-15H2,1H3,(H,38,39)(H2,33,34,41)/t16-,19?,27-/m0/s1. The first-order valence-electron chi connectivity index (χ1n) is 13.5. The number of allylic oxidation sites excluding steroid dienone is 3. The maximum Gasteiger partial charge on any atom is 0.411 e. The average molecular weight is 611 g/mol. The summed E-state index contributed by atoms with van der Waals surface area (Å²) in [5.74, 6) is -3.74. The van der Waals surface area contributed by atoms with E-state index in [1.807, 2.05) is 0 Å². The lowest BCUT2D eigenvalue weighted by molar-refractivity contribution is -0.187. The molecule has 0 aromatic heterocycles. The van der Waals surface area contributed by atoms with E-state index < -0.39 is 72.4 Å². The third-order valence-electron chi connectivity index (χ3n) is 7.69. The quantitative estimate of drug-likeness (QED) is 0.272. The van der Waals surface area contributed by atoms with Crippen molar-refractivity contribution in [1.29, 1.82) is 0 Å². The Balaban J connectivity index is 1.44. The first-order chi connectivity index (χ1) is 20.2. The van der Waals surface area contributed by atoms with Crippen LogP contribution in [0.2, 0.25) is 0 Å². The number of ether oxygens (including phenoxy) is 1. The van der Waals surface area contributed by atoms with Gasteiger partial charge >= 0.3 is 24.3 Å². The molecule has 43 heavy (non-hydrogen) atoms. The molecular formula is C28H30F4N4O7. The maximum absolute atomic E-state index is 13.6. The Bertz CT molecular complexity index is 1360. The second-order valence-electron chi connectivity index (χ2n) is 10.6. The van der Waals surface area contributed by atoms with Crippen LogP contribution in [0.15, 0.2) is 47.7 Å². The van der Waals surface area contributed by atoms with E-state index >= 15 is 0 Å². The Morgan fingerprint density at radius 1 is 1.19 bits per heavy atom. The van der Waals surface area contributed by atoms with E-state index in [4.69, 9.17) is 9.84 Å². The van der Waals surface area contributed by atoms with Crippen LogP contribution in [-0.2, 0) is 25.7 Å². The smallest absolute Gasteiger partial charge is 0.411 e. The molecule has 1 unspecified atom stereocenters. The predicted molar refractivity (Wildman–Crippen MR) is 141 cm³/mol. The molecular weight excluding hydrogens is 580 g/mol. The van der Waals surface area contributed by atoms with Crippen molar-refractivity contribution in [3.8, 4) is 0 Å². The highest BCUT2D eigenvalue weighted by Gasteiger charge is 2.56. The molecule has 1 saturated heterocycles. The summed E-state index contributed by atoms with van der Waals surface area (Å²) in [5.41, 5.74) is -0.549. The van der Waals surface area contributed by atoms with Gasteiger partial charge in [0.15, 0.2) is 11.4 Å². The van der Waals surface area contributed by atoms with Crippen molar-refractivity contribution in [3.05, 3.63) is 59.1 Å². The Hall–Kier alpha value is -4.43. The summed E-state index contributed by atoms with van der Waals surface area (Å²) in [5, 5.41) is 13.6. The van der Waals surface area contributed by atoms with E-state index in [1.54, 1.807) is 6.08 Å². The normalized spacial score (nSPS) is 22.0. The second kappa shape index (κ2) is 12.4. The van der Waals surface area contributed by atoms with Crippen LogP contribution in [0.4, 0.5) is 27.2 Å². The number of nitrogens with one attached hydrogen (secondary N) is 2. The topological polar surface area (TPSA) is 145 Å². The lowest BCUT2D eigenvalue weighted by Gasteiger charge is -2.32. The molecule has 232 valence electrons. The lowest BCUT2D eigenvalue weighted by Crippen LogP contribution is -2.50. The molecule has 1 aromatic rings. The Kier molecular flexibility index (Phi) is 9.11. The highest BCUT2D eigenvalue weighted by atomic mass is 19.4. The van der Waals surface area contributed by atoms with Gasteiger partial charge in [-0.15, -0.1) is 0 Å². The third kappa shape index (κ3) is 7.14. The van der Waals surface area contributed by atoms with Gasteiger partial charge in [0, 0.05) is 25.4 Å². The van der Waals surface area contributed by atoms with Crippen LogP contribution in [0, 0.1) is 11.7 Å². The number of nitrogens with zero attached hydrogens (tertiary/aromatic N) is 2. The molecule has 1 spiro atoms. The number of carbonyl (C=O) groups is 5. The number of fused-ring (bicyclic) bond motifs is 2. The monoisotopic (exact) mass is 610 g/mol. The molecule has 1 aliphatic heterocycles. The highest BCUT2D eigenvalue weighted by Crippen LogP contribution is 2.48. The molecule has 0 radical (unpaired) electrons. The summed E-state index contributed by atoms with van der Waals surface area (Å²) in [6.45, 7) is -0.443. The molecule has 1 aromatic carbocycles. The van der Waals surface area contributed by atoms with Crippen molar-refractivity contribution in [2.24, 2.45) is 5.92 Å². The molecule has 1 saturated carbocycles. The van der Waals surface area contributed by atoms with Crippen LogP contribution in [0.1, 0.15) is 38.2 Å². The summed E-state index contributed by atoms with van der Waals surface area (Å²) < 4.78 is 59.9. The largest absolute Gasteiger partial charge is 0.481 e. The number of urea groups is 1. The summed E-state index contributed by atoms with van der Waals surface area (Å²) in [6, 6.07) is 1.78. The fourth-order valence-corrected chi connectivity index (χ4v) is 5.39. The lowest BCUT2D eigenvalue weighted by atomic mass is 9.85. The SMILES string of the molecule is C[C@H](N(Cc1ccc(F)cc1)C(=O)CN1C[C@]2(CCC3C(=O)C(NC(=O)NCCCC(=O)O)=CC=C32)OC1=O)C(F)(F)F. The van der Waals surface area contributed by atoms with Gasteiger partial charge in [0.1, 0.15) is 18.4 Å². The molecule has 2 aliphatic carbocycles. The van der Waals surface area contributed by atoms with E-state index in [-0.39, 0.29) is 50.0 Å². The summed E-state index contributed by atoms with van der Waals surface area (Å²) in [7, 11) is 0. The van der Waals surface area contributed by atoms with Crippen molar-refractivity contribution in [3.63, 3.8) is 0 Å². The first-order valence-corrected chi connectivity index (χ1v) is 13.5. The van der Waals surface area contributed by atoms with Crippen molar-refractivity contribution >= 4 is 29.8 Å². The van der Waals surface area contributed by atoms with E-state index in [1.165, 1.54) is 18.2 Å². The van der Waals surface area contributed by atoms with Crippen LogP contribution in [0.3, 0.4) is 0 Å². The molecule has 11 nitrogen and oxygen atoms in total. The molecule has 4 rings (SSSR count). The van der Waals surface area contributed by atoms with Crippen LogP contribution in [-0.4, -0.2) is 82.1 Å². The van der Waals surface area contributed by atoms with Gasteiger partial charge in [-0.05, 0) is 55.5 Å². The van der Waals surface area contributed by atoms with Gasteiger partial charge in [0.25, 0.3) is 0 Å². The maximum atomic E-state index is 13.6. The third-order valence-corrected chi connectivity index (χ3v) is 7.69. The number of aliphatic carboxylic acids is 1. The van der Waals surface area contributed by atoms with Gasteiger partial charge in [-0.3, -0.25) is 19.3 Å². The summed E-state index contributed by atoms with van der Waals surface area (Å²) in [4.78, 5) is 63.4. The number of carbonyl (C=O) groups excluding carboxylic acids is 4. The zero-order valence-corrected chi connectivity index (χ0v) is 23.1. The molecule has 4 amide bonds. The molecule has 1 heterocycles. The summed E-state index contributed by atoms with van der Waals surface area (Å²) >= 11 is 0. The van der Waals surface area contributed by atoms with Crippen molar-refractivity contribution in [1.82, 2.24) is 20.4 Å². The van der Waals surface area contributed by atoms with Crippen molar-refractivity contribution in [2.75, 3.05) is 19.6 Å². The number of alkyl halides is 3. The van der Waals surface area contributed by atoms with Crippen LogP contribution in [0.25, 0.3) is 0 Å². The van der Waals surface area contributed by atoms with Gasteiger partial charge in [-0.1, -0.05) is 18.2 Å². The molecule has 0 bridgehead atoms. The number of rotatable bonds is 10. The van der Waals surface area contributed by atoms with Gasteiger partial charge in [0.05, 0.1) is 12.2 Å². The van der Waals surface area contributed by atoms with E-state index in [9.17, 15) is 41.5 Å². The van der Waals surface area contributed by atoms with Gasteiger partial charge < -0.3 is 25.4 Å². The van der Waals surface area contributed by atoms with Crippen molar-refractivity contribution < 1.29 is 51.4 Å².